The molecule has 0 amide bonds. The summed E-state index contributed by atoms with van der Waals surface area (Å²) in [5.41, 5.74) is 7.32. The maximum absolute atomic E-state index is 10.6. The van der Waals surface area contributed by atoms with Gasteiger partial charge >= 0.3 is 5.97 Å². The number of rotatable bonds is 3. The molecule has 13 heavy (non-hydrogen) atoms. The first-order valence-corrected chi connectivity index (χ1v) is 3.91. The standard InChI is InChI=1S/C9H12N2O2/c1-11-5-7-4-6(9(12)13)2-3-8(7)10/h2-4,11H,5,10H2,1H3,(H,12,13). The lowest BCUT2D eigenvalue weighted by Crippen LogP contribution is -2.09. The van der Waals surface area contributed by atoms with Crippen LogP contribution in [-0.2, 0) is 6.54 Å². The molecule has 0 aliphatic rings. The molecule has 4 nitrogen and oxygen atoms in total. The van der Waals surface area contributed by atoms with Gasteiger partial charge in [0.2, 0.25) is 0 Å². The number of anilines is 1. The molecule has 1 aromatic carbocycles. The number of nitrogens with one attached hydrogen (secondary N) is 1. The summed E-state index contributed by atoms with van der Waals surface area (Å²) < 4.78 is 0. The van der Waals surface area contributed by atoms with Crippen LogP contribution in [0.15, 0.2) is 18.2 Å². The number of carboxylic acid groups (broad SMARTS) is 1. The number of hydrogen-bond acceptors (Lipinski definition) is 3. The Hall–Kier alpha value is -1.55. The van der Waals surface area contributed by atoms with Crippen molar-refractivity contribution in [3.8, 4) is 0 Å². The Morgan fingerprint density at radius 1 is 1.62 bits per heavy atom. The smallest absolute Gasteiger partial charge is 0.335 e. The average molecular weight is 180 g/mol. The first kappa shape index (κ1) is 9.54. The molecule has 0 heterocycles. The maximum Gasteiger partial charge on any atom is 0.335 e. The van der Waals surface area contributed by atoms with Crippen LogP contribution in [0.1, 0.15) is 15.9 Å². The largest absolute Gasteiger partial charge is 0.478 e. The summed E-state index contributed by atoms with van der Waals surface area (Å²) in [6, 6.07) is 4.68. The monoisotopic (exact) mass is 180 g/mol. The third-order valence-corrected chi connectivity index (χ3v) is 1.76. The third-order valence-electron chi connectivity index (χ3n) is 1.76. The molecular formula is C9H12N2O2. The van der Waals surface area contributed by atoms with E-state index in [0.29, 0.717) is 12.2 Å². The van der Waals surface area contributed by atoms with Gasteiger partial charge in [-0.05, 0) is 30.8 Å². The van der Waals surface area contributed by atoms with E-state index in [9.17, 15) is 4.79 Å². The van der Waals surface area contributed by atoms with Crippen molar-refractivity contribution >= 4 is 11.7 Å². The molecule has 0 atom stereocenters. The molecule has 0 spiro atoms. The van der Waals surface area contributed by atoms with E-state index in [1.165, 1.54) is 6.07 Å². The highest BCUT2D eigenvalue weighted by atomic mass is 16.4. The summed E-state index contributed by atoms with van der Waals surface area (Å²) in [6.45, 7) is 0.576. The lowest BCUT2D eigenvalue weighted by atomic mass is 10.1. The second-order valence-corrected chi connectivity index (χ2v) is 2.75. The lowest BCUT2D eigenvalue weighted by molar-refractivity contribution is 0.0697. The van der Waals surface area contributed by atoms with Gasteiger partial charge in [0.05, 0.1) is 5.56 Å². The second-order valence-electron chi connectivity index (χ2n) is 2.75. The van der Waals surface area contributed by atoms with Crippen molar-refractivity contribution < 1.29 is 9.90 Å². The van der Waals surface area contributed by atoms with Gasteiger partial charge in [-0.2, -0.15) is 0 Å². The van der Waals surface area contributed by atoms with Gasteiger partial charge in [0.15, 0.2) is 0 Å². The minimum absolute atomic E-state index is 0.263. The van der Waals surface area contributed by atoms with E-state index >= 15 is 0 Å². The van der Waals surface area contributed by atoms with Crippen LogP contribution in [0.3, 0.4) is 0 Å². The van der Waals surface area contributed by atoms with Gasteiger partial charge < -0.3 is 16.2 Å². The predicted octanol–water partition coefficient (Wildman–Crippen LogP) is 0.686. The molecule has 0 radical (unpaired) electrons. The van der Waals surface area contributed by atoms with E-state index in [-0.39, 0.29) is 5.56 Å². The van der Waals surface area contributed by atoms with Crippen molar-refractivity contribution in [3.63, 3.8) is 0 Å². The van der Waals surface area contributed by atoms with Crippen LogP contribution >= 0.6 is 0 Å². The quantitative estimate of drug-likeness (QED) is 0.598. The molecule has 70 valence electrons. The Balaban J connectivity index is 3.03. The first-order valence-electron chi connectivity index (χ1n) is 3.91. The fourth-order valence-electron chi connectivity index (χ4n) is 1.08. The van der Waals surface area contributed by atoms with Crippen LogP contribution in [0.5, 0.6) is 0 Å². The lowest BCUT2D eigenvalue weighted by Gasteiger charge is -2.05. The Kier molecular flexibility index (Phi) is 2.87. The van der Waals surface area contributed by atoms with Gasteiger partial charge in [0.25, 0.3) is 0 Å². The molecule has 4 heteroatoms. The molecule has 0 fully saturated rings. The molecule has 0 aliphatic heterocycles. The summed E-state index contributed by atoms with van der Waals surface area (Å²) in [6.07, 6.45) is 0. The fraction of sp³-hybridized carbons (Fsp3) is 0.222. The molecule has 1 aromatic rings. The van der Waals surface area contributed by atoms with Gasteiger partial charge in [0.1, 0.15) is 0 Å². The van der Waals surface area contributed by atoms with Crippen molar-refractivity contribution in [1.29, 1.82) is 0 Å². The third kappa shape index (κ3) is 2.19. The molecule has 0 unspecified atom stereocenters. The normalized spacial score (nSPS) is 9.92. The molecule has 1 rings (SSSR count). The second kappa shape index (κ2) is 3.91. The van der Waals surface area contributed by atoms with E-state index in [1.807, 2.05) is 0 Å². The fourth-order valence-corrected chi connectivity index (χ4v) is 1.08. The predicted molar refractivity (Wildman–Crippen MR) is 50.6 cm³/mol. The van der Waals surface area contributed by atoms with Crippen LogP contribution in [0.4, 0.5) is 5.69 Å². The zero-order chi connectivity index (χ0) is 9.84. The highest BCUT2D eigenvalue weighted by molar-refractivity contribution is 5.88. The zero-order valence-electron chi connectivity index (χ0n) is 7.37. The van der Waals surface area contributed by atoms with E-state index in [2.05, 4.69) is 5.32 Å². The average Bonchev–Trinajstić information content (AvgIpc) is 2.08. The molecule has 0 aromatic heterocycles. The van der Waals surface area contributed by atoms with E-state index in [1.54, 1.807) is 19.2 Å². The number of benzene rings is 1. The molecule has 0 aliphatic carbocycles. The van der Waals surface area contributed by atoms with Crippen molar-refractivity contribution in [1.82, 2.24) is 5.32 Å². The molecule has 0 saturated heterocycles. The summed E-state index contributed by atoms with van der Waals surface area (Å²) in [5.74, 6) is -0.933. The van der Waals surface area contributed by atoms with Gasteiger partial charge in [0, 0.05) is 12.2 Å². The molecule has 0 bridgehead atoms. The van der Waals surface area contributed by atoms with E-state index < -0.39 is 5.97 Å². The zero-order valence-corrected chi connectivity index (χ0v) is 7.37. The van der Waals surface area contributed by atoms with Crippen LogP contribution in [0.25, 0.3) is 0 Å². The summed E-state index contributed by atoms with van der Waals surface area (Å²) >= 11 is 0. The summed E-state index contributed by atoms with van der Waals surface area (Å²) in [5, 5.41) is 11.6. The van der Waals surface area contributed by atoms with Crippen molar-refractivity contribution in [2.24, 2.45) is 0 Å². The number of hydrogen-bond donors (Lipinski definition) is 3. The molecule has 0 saturated carbocycles. The summed E-state index contributed by atoms with van der Waals surface area (Å²) in [7, 11) is 1.78. The van der Waals surface area contributed by atoms with Crippen molar-refractivity contribution in [2.45, 2.75) is 6.54 Å². The van der Waals surface area contributed by atoms with Crippen molar-refractivity contribution in [3.05, 3.63) is 29.3 Å². The molecule has 4 N–H and O–H groups in total. The Bertz CT molecular complexity index is 323. The van der Waals surface area contributed by atoms with E-state index in [4.69, 9.17) is 10.8 Å². The maximum atomic E-state index is 10.6. The van der Waals surface area contributed by atoms with Crippen molar-refractivity contribution in [2.75, 3.05) is 12.8 Å². The van der Waals surface area contributed by atoms with Gasteiger partial charge in [-0.1, -0.05) is 0 Å². The Morgan fingerprint density at radius 2 is 2.31 bits per heavy atom. The number of nitrogens with two attached hydrogens (primary N) is 1. The number of carbonyl (C=O) groups is 1. The van der Waals surface area contributed by atoms with E-state index in [0.717, 1.165) is 5.56 Å². The van der Waals surface area contributed by atoms with Gasteiger partial charge in [-0.3, -0.25) is 0 Å². The van der Waals surface area contributed by atoms with Gasteiger partial charge in [-0.15, -0.1) is 0 Å². The first-order chi connectivity index (χ1) is 6.15. The van der Waals surface area contributed by atoms with Crippen LogP contribution in [-0.4, -0.2) is 18.1 Å². The summed E-state index contributed by atoms with van der Waals surface area (Å²) in [4.78, 5) is 10.6. The van der Waals surface area contributed by atoms with Crippen LogP contribution in [0, 0.1) is 0 Å². The van der Waals surface area contributed by atoms with Gasteiger partial charge in [-0.25, -0.2) is 4.79 Å². The highest BCUT2D eigenvalue weighted by Gasteiger charge is 2.05. The Labute approximate surface area is 76.4 Å². The van der Waals surface area contributed by atoms with Crippen LogP contribution < -0.4 is 11.1 Å². The number of aromatic carboxylic acids is 1. The number of nitrogen functional groups attached to an aromatic ring is 1. The Morgan fingerprint density at radius 3 is 2.85 bits per heavy atom. The minimum Gasteiger partial charge on any atom is -0.478 e. The highest BCUT2D eigenvalue weighted by Crippen LogP contribution is 2.13. The SMILES string of the molecule is CNCc1cc(C(=O)O)ccc1N. The minimum atomic E-state index is -0.933. The van der Waals surface area contributed by atoms with Crippen LogP contribution in [0.2, 0.25) is 0 Å². The topological polar surface area (TPSA) is 75.3 Å². The number of carboxylic acids is 1. The molecular weight excluding hydrogens is 168 g/mol.